The topological polar surface area (TPSA) is 109 Å². The maximum absolute atomic E-state index is 12.8. The number of anilines is 1. The zero-order chi connectivity index (χ0) is 21.9. The Hall–Kier alpha value is -3.47. The minimum Gasteiger partial charge on any atom is -0.459 e. The molecule has 5 heterocycles. The molecular formula is C21H25N7O4. The van der Waals surface area contributed by atoms with E-state index in [0.29, 0.717) is 69.5 Å². The predicted molar refractivity (Wildman–Crippen MR) is 113 cm³/mol. The van der Waals surface area contributed by atoms with Crippen LogP contribution in [0.4, 0.5) is 5.82 Å². The number of carbonyl (C=O) groups is 2. The molecule has 0 unspecified atom stereocenters. The quantitative estimate of drug-likeness (QED) is 0.564. The van der Waals surface area contributed by atoms with E-state index < -0.39 is 0 Å². The number of hydrogen-bond acceptors (Lipinski definition) is 8. The van der Waals surface area contributed by atoms with Gasteiger partial charge in [-0.15, -0.1) is 15.3 Å². The summed E-state index contributed by atoms with van der Waals surface area (Å²) in [7, 11) is 0. The normalized spacial score (nSPS) is 17.2. The van der Waals surface area contributed by atoms with Crippen LogP contribution in [0.2, 0.25) is 0 Å². The fraction of sp³-hybridized carbons (Fsp3) is 0.476. The molecule has 3 aromatic rings. The van der Waals surface area contributed by atoms with Gasteiger partial charge in [0, 0.05) is 52.1 Å². The van der Waals surface area contributed by atoms with Crippen molar-refractivity contribution in [1.29, 1.82) is 0 Å². The smallest absolute Gasteiger partial charge is 0.289 e. The molecule has 32 heavy (non-hydrogen) atoms. The molecule has 3 aromatic heterocycles. The Morgan fingerprint density at radius 3 is 2.47 bits per heavy atom. The summed E-state index contributed by atoms with van der Waals surface area (Å²) in [6, 6.07) is 7.18. The first-order chi connectivity index (χ1) is 15.7. The Bertz CT molecular complexity index is 1080. The lowest BCUT2D eigenvalue weighted by Gasteiger charge is -2.34. The molecule has 2 amide bonds. The third kappa shape index (κ3) is 4.15. The van der Waals surface area contributed by atoms with Crippen LogP contribution < -0.4 is 4.90 Å². The highest BCUT2D eigenvalue weighted by Gasteiger charge is 2.26. The van der Waals surface area contributed by atoms with E-state index in [1.807, 2.05) is 12.1 Å². The van der Waals surface area contributed by atoms with Crippen molar-refractivity contribution in [2.75, 3.05) is 57.4 Å². The molecule has 0 N–H and O–H groups in total. The third-order valence-electron chi connectivity index (χ3n) is 5.86. The van der Waals surface area contributed by atoms with Gasteiger partial charge in [-0.3, -0.25) is 9.59 Å². The minimum absolute atomic E-state index is 0.0381. The van der Waals surface area contributed by atoms with Gasteiger partial charge in [-0.25, -0.2) is 0 Å². The van der Waals surface area contributed by atoms with Gasteiger partial charge in [0.25, 0.3) is 5.91 Å². The van der Waals surface area contributed by atoms with E-state index in [0.717, 1.165) is 18.9 Å². The van der Waals surface area contributed by atoms with Crippen molar-refractivity contribution in [2.24, 2.45) is 0 Å². The number of aromatic nitrogens is 4. The molecule has 0 radical (unpaired) electrons. The molecular weight excluding hydrogens is 414 g/mol. The number of furan rings is 1. The molecule has 0 spiro atoms. The maximum atomic E-state index is 12.8. The molecule has 2 saturated heterocycles. The highest BCUT2D eigenvalue weighted by atomic mass is 16.5. The highest BCUT2D eigenvalue weighted by molar-refractivity contribution is 5.91. The second kappa shape index (κ2) is 8.95. The summed E-state index contributed by atoms with van der Waals surface area (Å²) in [5.41, 5.74) is 0.662. The highest BCUT2D eigenvalue weighted by Crippen LogP contribution is 2.15. The van der Waals surface area contributed by atoms with E-state index in [1.165, 1.54) is 6.26 Å². The molecule has 0 saturated carbocycles. The summed E-state index contributed by atoms with van der Waals surface area (Å²) in [5.74, 6) is 1.74. The van der Waals surface area contributed by atoms with Gasteiger partial charge in [0.2, 0.25) is 5.91 Å². The number of aryl methyl sites for hydroxylation is 1. The average Bonchev–Trinajstić information content (AvgIpc) is 3.53. The second-order valence-electron chi connectivity index (χ2n) is 7.83. The van der Waals surface area contributed by atoms with Crippen molar-refractivity contribution >= 4 is 23.3 Å². The summed E-state index contributed by atoms with van der Waals surface area (Å²) in [5, 5.41) is 13.1. The zero-order valence-electron chi connectivity index (χ0n) is 17.7. The van der Waals surface area contributed by atoms with Gasteiger partial charge in [0.1, 0.15) is 5.82 Å². The molecule has 0 aliphatic carbocycles. The molecule has 2 aliphatic rings. The molecule has 168 valence electrons. The van der Waals surface area contributed by atoms with Crippen molar-refractivity contribution in [3.63, 3.8) is 0 Å². The number of rotatable bonds is 5. The fourth-order valence-corrected chi connectivity index (χ4v) is 4.03. The van der Waals surface area contributed by atoms with Crippen molar-refractivity contribution < 1.29 is 18.7 Å². The van der Waals surface area contributed by atoms with Crippen LogP contribution in [-0.2, 0) is 16.0 Å². The van der Waals surface area contributed by atoms with Crippen LogP contribution in [0.3, 0.4) is 0 Å². The molecule has 11 nitrogen and oxygen atoms in total. The number of nitrogens with zero attached hydrogens (tertiary/aromatic N) is 7. The fourth-order valence-electron chi connectivity index (χ4n) is 4.03. The number of amides is 2. The Labute approximate surface area is 184 Å². The summed E-state index contributed by atoms with van der Waals surface area (Å²) in [4.78, 5) is 30.8. The SMILES string of the molecule is O=C(CCc1nnc2ccc(N3CCOCC3)nn12)N1CCN(C(=O)c2ccco2)CC1. The van der Waals surface area contributed by atoms with Gasteiger partial charge in [0.15, 0.2) is 17.2 Å². The average molecular weight is 439 g/mol. The molecule has 2 aliphatic heterocycles. The summed E-state index contributed by atoms with van der Waals surface area (Å²) in [6.45, 7) is 4.95. The lowest BCUT2D eigenvalue weighted by Crippen LogP contribution is -2.50. The largest absolute Gasteiger partial charge is 0.459 e. The molecule has 5 rings (SSSR count). The van der Waals surface area contributed by atoms with Gasteiger partial charge in [-0.05, 0) is 24.3 Å². The van der Waals surface area contributed by atoms with Crippen molar-refractivity contribution in [1.82, 2.24) is 29.6 Å². The number of ether oxygens (including phenoxy) is 1. The summed E-state index contributed by atoms with van der Waals surface area (Å²) in [6.07, 6.45) is 2.25. The van der Waals surface area contributed by atoms with Crippen LogP contribution >= 0.6 is 0 Å². The number of hydrogen-bond donors (Lipinski definition) is 0. The van der Waals surface area contributed by atoms with Crippen LogP contribution in [-0.4, -0.2) is 93.9 Å². The van der Waals surface area contributed by atoms with Gasteiger partial charge < -0.3 is 23.9 Å². The van der Waals surface area contributed by atoms with Gasteiger partial charge in [-0.1, -0.05) is 0 Å². The van der Waals surface area contributed by atoms with Crippen LogP contribution in [0.25, 0.3) is 5.65 Å². The maximum Gasteiger partial charge on any atom is 0.289 e. The molecule has 0 bridgehead atoms. The van der Waals surface area contributed by atoms with Crippen molar-refractivity contribution in [3.05, 3.63) is 42.1 Å². The van der Waals surface area contributed by atoms with E-state index in [9.17, 15) is 9.59 Å². The van der Waals surface area contributed by atoms with E-state index in [1.54, 1.807) is 26.4 Å². The number of piperazine rings is 1. The van der Waals surface area contributed by atoms with Crippen LogP contribution in [0.15, 0.2) is 34.9 Å². The summed E-state index contributed by atoms with van der Waals surface area (Å²) >= 11 is 0. The van der Waals surface area contributed by atoms with Crippen molar-refractivity contribution in [3.8, 4) is 0 Å². The van der Waals surface area contributed by atoms with Gasteiger partial charge in [-0.2, -0.15) is 4.52 Å². The Kier molecular flexibility index (Phi) is 5.71. The Morgan fingerprint density at radius 1 is 0.938 bits per heavy atom. The predicted octanol–water partition coefficient (Wildman–Crippen LogP) is 0.471. The first kappa shape index (κ1) is 20.4. The van der Waals surface area contributed by atoms with E-state index >= 15 is 0 Å². The lowest BCUT2D eigenvalue weighted by atomic mass is 10.2. The molecule has 11 heteroatoms. The third-order valence-corrected chi connectivity index (χ3v) is 5.86. The van der Waals surface area contributed by atoms with Gasteiger partial charge >= 0.3 is 0 Å². The van der Waals surface area contributed by atoms with Crippen LogP contribution in [0, 0.1) is 0 Å². The van der Waals surface area contributed by atoms with Crippen LogP contribution in [0.1, 0.15) is 22.8 Å². The number of morpholine rings is 1. The molecule has 0 atom stereocenters. The Balaban J connectivity index is 1.18. The van der Waals surface area contributed by atoms with Crippen molar-refractivity contribution in [2.45, 2.75) is 12.8 Å². The number of fused-ring (bicyclic) bond motifs is 1. The summed E-state index contributed by atoms with van der Waals surface area (Å²) < 4.78 is 12.3. The minimum atomic E-state index is -0.140. The van der Waals surface area contributed by atoms with Crippen LogP contribution in [0.5, 0.6) is 0 Å². The first-order valence-electron chi connectivity index (χ1n) is 10.8. The second-order valence-corrected chi connectivity index (χ2v) is 7.83. The molecule has 2 fully saturated rings. The monoisotopic (exact) mass is 439 g/mol. The standard InChI is InChI=1S/C21H25N7O4/c29-20(26-7-9-27(10-8-26)21(30)16-2-1-13-32-16)6-5-18-23-22-17-3-4-19(24-28(17)18)25-11-14-31-15-12-25/h1-4,13H,5-12,14-15H2. The molecule has 0 aromatic carbocycles. The van der Waals surface area contributed by atoms with E-state index in [4.69, 9.17) is 9.15 Å². The lowest BCUT2D eigenvalue weighted by molar-refractivity contribution is -0.132. The number of carbonyl (C=O) groups excluding carboxylic acids is 2. The van der Waals surface area contributed by atoms with E-state index in [2.05, 4.69) is 20.2 Å². The van der Waals surface area contributed by atoms with E-state index in [-0.39, 0.29) is 11.8 Å². The Morgan fingerprint density at radius 2 is 1.72 bits per heavy atom. The first-order valence-corrected chi connectivity index (χ1v) is 10.8. The van der Waals surface area contributed by atoms with Gasteiger partial charge in [0.05, 0.1) is 19.5 Å². The zero-order valence-corrected chi connectivity index (χ0v) is 17.7.